The average Bonchev–Trinajstić information content (AvgIpc) is 1.61. The van der Waals surface area contributed by atoms with Crippen LogP contribution in [0.4, 0.5) is 0 Å². The van der Waals surface area contributed by atoms with Crippen molar-refractivity contribution in [3.8, 4) is 0 Å². The fraction of sp³-hybridized carbons (Fsp3) is 0.400. The molecule has 0 bridgehead atoms. The van der Waals surface area contributed by atoms with Gasteiger partial charge in [-0.05, 0) is 13.5 Å². The van der Waals surface area contributed by atoms with Gasteiger partial charge in [-0.1, -0.05) is 6.08 Å². The van der Waals surface area contributed by atoms with Gasteiger partial charge in [-0.25, -0.2) is 0 Å². The summed E-state index contributed by atoms with van der Waals surface area (Å²) in [5.74, 6) is 0. The zero-order chi connectivity index (χ0) is 4.83. The van der Waals surface area contributed by atoms with Gasteiger partial charge in [0.25, 0.3) is 0 Å². The van der Waals surface area contributed by atoms with Gasteiger partial charge in [-0.15, -0.1) is 6.58 Å². The van der Waals surface area contributed by atoms with E-state index >= 15 is 0 Å². The molecule has 0 saturated heterocycles. The normalized spacial score (nSPS) is 7.00. The summed E-state index contributed by atoms with van der Waals surface area (Å²) in [7, 11) is 0. The third-order valence-electron chi connectivity index (χ3n) is 0.465. The Morgan fingerprint density at radius 1 is 1.57 bits per heavy atom. The Morgan fingerprint density at radius 3 is 2.29 bits per heavy atom. The molecule has 1 radical (unpaired) electrons. The summed E-state index contributed by atoms with van der Waals surface area (Å²) in [5.41, 5.74) is 0. The summed E-state index contributed by atoms with van der Waals surface area (Å²) in [6, 6.07) is 0. The molecule has 0 rings (SSSR count). The molecule has 2 heteroatoms. The van der Waals surface area contributed by atoms with Gasteiger partial charge in [0.15, 0.2) is 0 Å². The zero-order valence-electron chi connectivity index (χ0n) is 3.91. The molecule has 0 aromatic carbocycles. The number of nitrogens with one attached hydrogen (secondary N) is 1. The molecular weight excluding hydrogens is 97.1 g/mol. The second kappa shape index (κ2) is 9.85. The third kappa shape index (κ3) is 10.8. The van der Waals surface area contributed by atoms with Crippen molar-refractivity contribution in [1.29, 1.82) is 0 Å². The van der Waals surface area contributed by atoms with Gasteiger partial charge < -0.3 is 5.32 Å². The molecule has 0 heterocycles. The second-order valence-corrected chi connectivity index (χ2v) is 0.993. The Morgan fingerprint density at radius 2 is 2.14 bits per heavy atom. The van der Waals surface area contributed by atoms with E-state index in [-0.39, 0.29) is 29.6 Å². The molecule has 0 spiro atoms. The van der Waals surface area contributed by atoms with Crippen molar-refractivity contribution in [2.45, 2.75) is 0 Å². The molecule has 1 N–H and O–H groups in total. The van der Waals surface area contributed by atoms with Crippen molar-refractivity contribution in [2.75, 3.05) is 13.1 Å². The summed E-state index contributed by atoms with van der Waals surface area (Å²) in [6.07, 6.45) is 1.81. The molecule has 0 fully saturated rings. The van der Waals surface area contributed by atoms with Crippen LogP contribution in [0.2, 0.25) is 0 Å². The second-order valence-electron chi connectivity index (χ2n) is 0.993. The molecule has 1 nitrogen and oxygen atoms in total. The van der Waals surface area contributed by atoms with E-state index in [2.05, 4.69) is 18.8 Å². The SMILES string of the molecule is [CH2]CNCC=C.[NaH]. The van der Waals surface area contributed by atoms with Crippen LogP contribution in [0.15, 0.2) is 12.7 Å². The third-order valence-corrected chi connectivity index (χ3v) is 0.465. The van der Waals surface area contributed by atoms with Gasteiger partial charge in [-0.3, -0.25) is 0 Å². The minimum absolute atomic E-state index is 0. The molecule has 37 valence electrons. The maximum atomic E-state index is 3.56. The minimum atomic E-state index is 0. The molecule has 0 aliphatic heterocycles. The summed E-state index contributed by atoms with van der Waals surface area (Å²) >= 11 is 0. The van der Waals surface area contributed by atoms with Crippen LogP contribution in [0.25, 0.3) is 0 Å². The fourth-order valence-electron chi connectivity index (χ4n) is 0.204. The Labute approximate surface area is 67.5 Å². The van der Waals surface area contributed by atoms with E-state index < -0.39 is 0 Å². The fourth-order valence-corrected chi connectivity index (χ4v) is 0.204. The number of hydrogen-bond donors (Lipinski definition) is 1. The van der Waals surface area contributed by atoms with Gasteiger partial charge in [0.2, 0.25) is 0 Å². The zero-order valence-corrected chi connectivity index (χ0v) is 3.91. The first-order valence-electron chi connectivity index (χ1n) is 2.02. The monoisotopic (exact) mass is 108 g/mol. The van der Waals surface area contributed by atoms with E-state index in [4.69, 9.17) is 0 Å². The van der Waals surface area contributed by atoms with E-state index in [1.54, 1.807) is 0 Å². The van der Waals surface area contributed by atoms with Crippen LogP contribution in [0.1, 0.15) is 0 Å². The van der Waals surface area contributed by atoms with Crippen molar-refractivity contribution in [1.82, 2.24) is 5.32 Å². The van der Waals surface area contributed by atoms with Crippen LogP contribution < -0.4 is 5.32 Å². The van der Waals surface area contributed by atoms with Crippen LogP contribution in [0, 0.1) is 6.92 Å². The summed E-state index contributed by atoms with van der Waals surface area (Å²) in [6.45, 7) is 8.72. The van der Waals surface area contributed by atoms with Crippen LogP contribution >= 0.6 is 0 Å². The first-order valence-corrected chi connectivity index (χ1v) is 2.02. The van der Waals surface area contributed by atoms with E-state index in [1.807, 2.05) is 6.08 Å². The van der Waals surface area contributed by atoms with Crippen LogP contribution in [0.3, 0.4) is 0 Å². The number of rotatable bonds is 3. The van der Waals surface area contributed by atoms with Crippen molar-refractivity contribution in [2.24, 2.45) is 0 Å². The van der Waals surface area contributed by atoms with Crippen LogP contribution in [-0.2, 0) is 0 Å². The molecular formula is C5H11NNa. The van der Waals surface area contributed by atoms with E-state index in [0.29, 0.717) is 0 Å². The standard InChI is InChI=1S/C5H10N.Na.H/c1-3-5-6-4-2;;/h3,6H,1-2,4-5H2;;. The number of hydrogen-bond acceptors (Lipinski definition) is 1. The van der Waals surface area contributed by atoms with Gasteiger partial charge in [0.05, 0.1) is 0 Å². The van der Waals surface area contributed by atoms with Crippen molar-refractivity contribution in [3.05, 3.63) is 19.6 Å². The maximum absolute atomic E-state index is 3.56. The van der Waals surface area contributed by atoms with Gasteiger partial charge in [0, 0.05) is 6.54 Å². The topological polar surface area (TPSA) is 12.0 Å². The van der Waals surface area contributed by atoms with Crippen LogP contribution in [0.5, 0.6) is 0 Å². The molecule has 0 amide bonds. The molecule has 0 aromatic heterocycles. The van der Waals surface area contributed by atoms with Crippen molar-refractivity contribution < 1.29 is 0 Å². The van der Waals surface area contributed by atoms with Crippen molar-refractivity contribution >= 4 is 29.6 Å². The van der Waals surface area contributed by atoms with Gasteiger partial charge in [0.1, 0.15) is 0 Å². The van der Waals surface area contributed by atoms with Gasteiger partial charge >= 0.3 is 29.6 Å². The molecule has 0 atom stereocenters. The van der Waals surface area contributed by atoms with E-state index in [0.717, 1.165) is 13.1 Å². The summed E-state index contributed by atoms with van der Waals surface area (Å²) < 4.78 is 0. The van der Waals surface area contributed by atoms with Crippen molar-refractivity contribution in [3.63, 3.8) is 0 Å². The Bertz CT molecular complexity index is 37.1. The average molecular weight is 108 g/mol. The Hall–Kier alpha value is 0.700. The van der Waals surface area contributed by atoms with Gasteiger partial charge in [-0.2, -0.15) is 0 Å². The Balaban J connectivity index is 0. The summed E-state index contributed by atoms with van der Waals surface area (Å²) in [5, 5.41) is 2.97. The van der Waals surface area contributed by atoms with E-state index in [9.17, 15) is 0 Å². The summed E-state index contributed by atoms with van der Waals surface area (Å²) in [4.78, 5) is 0. The van der Waals surface area contributed by atoms with Crippen LogP contribution in [-0.4, -0.2) is 42.6 Å². The molecule has 7 heavy (non-hydrogen) atoms. The molecule has 0 aliphatic rings. The Kier molecular flexibility index (Phi) is 15.0. The first-order chi connectivity index (χ1) is 2.91. The molecule has 0 aliphatic carbocycles. The molecule has 0 unspecified atom stereocenters. The first kappa shape index (κ1) is 10.6. The molecule has 0 aromatic rings. The predicted octanol–water partition coefficient (Wildman–Crippen LogP) is -0.0524. The quantitative estimate of drug-likeness (QED) is 0.303. The molecule has 0 saturated carbocycles. The predicted molar refractivity (Wildman–Crippen MR) is 35.6 cm³/mol. The van der Waals surface area contributed by atoms with E-state index in [1.165, 1.54) is 0 Å².